The van der Waals surface area contributed by atoms with E-state index in [1.165, 1.54) is 5.56 Å². The van der Waals surface area contributed by atoms with Crippen molar-refractivity contribution in [2.24, 2.45) is 17.6 Å². The van der Waals surface area contributed by atoms with Gasteiger partial charge in [-0.05, 0) is 67.5 Å². The summed E-state index contributed by atoms with van der Waals surface area (Å²) >= 11 is 0. The summed E-state index contributed by atoms with van der Waals surface area (Å²) in [5, 5.41) is 3.02. The van der Waals surface area contributed by atoms with Gasteiger partial charge in [0.2, 0.25) is 11.8 Å². The number of hydrogen-bond donors (Lipinski definition) is 2. The van der Waals surface area contributed by atoms with Crippen LogP contribution in [0.3, 0.4) is 0 Å². The molecule has 2 aromatic carbocycles. The first-order chi connectivity index (χ1) is 14.2. The van der Waals surface area contributed by atoms with Gasteiger partial charge in [0.1, 0.15) is 0 Å². The molecule has 2 amide bonds. The Hall–Kier alpha value is -2.66. The van der Waals surface area contributed by atoms with Crippen LogP contribution in [0.1, 0.15) is 36.8 Å². The Morgan fingerprint density at radius 1 is 1.03 bits per heavy atom. The van der Waals surface area contributed by atoms with E-state index in [4.69, 9.17) is 5.73 Å². The van der Waals surface area contributed by atoms with Crippen LogP contribution in [0, 0.1) is 11.8 Å². The van der Waals surface area contributed by atoms with Gasteiger partial charge in [-0.3, -0.25) is 9.59 Å². The van der Waals surface area contributed by atoms with E-state index in [-0.39, 0.29) is 17.7 Å². The normalized spacial score (nSPS) is 20.9. The Balaban J connectivity index is 1.37. The van der Waals surface area contributed by atoms with Crippen molar-refractivity contribution in [1.29, 1.82) is 0 Å². The van der Waals surface area contributed by atoms with Crippen LogP contribution in [-0.4, -0.2) is 24.9 Å². The van der Waals surface area contributed by atoms with Crippen LogP contribution in [-0.2, 0) is 22.4 Å². The third-order valence-corrected chi connectivity index (χ3v) is 6.29. The van der Waals surface area contributed by atoms with E-state index in [1.807, 2.05) is 47.4 Å². The molecule has 0 radical (unpaired) electrons. The molecule has 2 atom stereocenters. The van der Waals surface area contributed by atoms with E-state index in [9.17, 15) is 9.59 Å². The SMILES string of the molecule is NC[C@H]1CCC[C@H]1C(=O)Nc1ccc(CC(=O)N2CCCc3ccccc32)cc1. The van der Waals surface area contributed by atoms with Crippen molar-refractivity contribution >= 4 is 23.2 Å². The van der Waals surface area contributed by atoms with Crippen LogP contribution in [0.2, 0.25) is 0 Å². The zero-order valence-corrected chi connectivity index (χ0v) is 16.8. The summed E-state index contributed by atoms with van der Waals surface area (Å²) in [5.74, 6) is 0.483. The van der Waals surface area contributed by atoms with Crippen molar-refractivity contribution in [3.05, 3.63) is 59.7 Å². The van der Waals surface area contributed by atoms with Gasteiger partial charge in [0, 0.05) is 23.8 Å². The molecule has 5 nitrogen and oxygen atoms in total. The number of nitrogens with one attached hydrogen (secondary N) is 1. The fraction of sp³-hybridized carbons (Fsp3) is 0.417. The van der Waals surface area contributed by atoms with Crippen molar-refractivity contribution < 1.29 is 9.59 Å². The number of carbonyl (C=O) groups is 2. The molecule has 1 saturated carbocycles. The maximum atomic E-state index is 12.9. The number of anilines is 2. The highest BCUT2D eigenvalue weighted by Gasteiger charge is 2.31. The molecule has 2 aromatic rings. The fourth-order valence-electron chi connectivity index (χ4n) is 4.67. The summed E-state index contributed by atoms with van der Waals surface area (Å²) in [6.45, 7) is 1.34. The number of fused-ring (bicyclic) bond motifs is 1. The van der Waals surface area contributed by atoms with E-state index >= 15 is 0 Å². The van der Waals surface area contributed by atoms with Crippen molar-refractivity contribution in [3.63, 3.8) is 0 Å². The van der Waals surface area contributed by atoms with Gasteiger partial charge in [0.25, 0.3) is 0 Å². The molecule has 1 heterocycles. The van der Waals surface area contributed by atoms with Crippen molar-refractivity contribution in [2.75, 3.05) is 23.3 Å². The quantitative estimate of drug-likeness (QED) is 0.819. The first kappa shape index (κ1) is 19.6. The van der Waals surface area contributed by atoms with E-state index in [1.54, 1.807) is 0 Å². The van der Waals surface area contributed by atoms with Crippen LogP contribution in [0.5, 0.6) is 0 Å². The van der Waals surface area contributed by atoms with Crippen molar-refractivity contribution in [3.8, 4) is 0 Å². The molecule has 1 aliphatic carbocycles. The Kier molecular flexibility index (Phi) is 5.95. The van der Waals surface area contributed by atoms with Crippen LogP contribution >= 0.6 is 0 Å². The van der Waals surface area contributed by atoms with Crippen LogP contribution < -0.4 is 16.0 Å². The van der Waals surface area contributed by atoms with Crippen LogP contribution in [0.4, 0.5) is 11.4 Å². The largest absolute Gasteiger partial charge is 0.330 e. The summed E-state index contributed by atoms with van der Waals surface area (Å²) in [5.41, 5.74) is 9.81. The Bertz CT molecular complexity index is 878. The lowest BCUT2D eigenvalue weighted by molar-refractivity contribution is -0.121. The number of benzene rings is 2. The molecule has 1 fully saturated rings. The predicted octanol–water partition coefficient (Wildman–Crippen LogP) is 3.52. The topological polar surface area (TPSA) is 75.4 Å². The van der Waals surface area contributed by atoms with Gasteiger partial charge in [-0.25, -0.2) is 0 Å². The van der Waals surface area contributed by atoms with Gasteiger partial charge in [0.05, 0.1) is 6.42 Å². The first-order valence-corrected chi connectivity index (χ1v) is 10.6. The van der Waals surface area contributed by atoms with E-state index in [0.29, 0.717) is 18.9 Å². The third-order valence-electron chi connectivity index (χ3n) is 6.29. The van der Waals surface area contributed by atoms with Gasteiger partial charge in [-0.2, -0.15) is 0 Å². The molecule has 0 saturated heterocycles. The molecule has 1 aliphatic heterocycles. The van der Waals surface area contributed by atoms with Gasteiger partial charge >= 0.3 is 0 Å². The minimum atomic E-state index is 0.0143. The lowest BCUT2D eigenvalue weighted by Gasteiger charge is -2.29. The van der Waals surface area contributed by atoms with Gasteiger partial charge in [0.15, 0.2) is 0 Å². The van der Waals surface area contributed by atoms with Gasteiger partial charge < -0.3 is 16.0 Å². The smallest absolute Gasteiger partial charge is 0.231 e. The second-order valence-electron chi connectivity index (χ2n) is 8.17. The number of nitrogens with two attached hydrogens (primary N) is 1. The van der Waals surface area contributed by atoms with E-state index in [0.717, 1.165) is 55.6 Å². The summed E-state index contributed by atoms with van der Waals surface area (Å²) in [6.07, 6.45) is 5.41. The number of para-hydroxylation sites is 1. The summed E-state index contributed by atoms with van der Waals surface area (Å²) in [7, 11) is 0. The fourth-order valence-corrected chi connectivity index (χ4v) is 4.67. The minimum Gasteiger partial charge on any atom is -0.330 e. The number of aryl methyl sites for hydroxylation is 1. The molecule has 3 N–H and O–H groups in total. The molecule has 0 unspecified atom stereocenters. The maximum Gasteiger partial charge on any atom is 0.231 e. The highest BCUT2D eigenvalue weighted by Crippen LogP contribution is 2.32. The standard InChI is InChI=1S/C24H29N3O2/c25-16-19-6-3-8-21(19)24(29)26-20-12-10-17(11-13-20)15-23(28)27-14-4-7-18-5-1-2-9-22(18)27/h1-2,5,9-13,19,21H,3-4,6-8,14-16,25H2,(H,26,29)/t19-,21-/m1/s1. The molecule has 0 aromatic heterocycles. The predicted molar refractivity (Wildman–Crippen MR) is 116 cm³/mol. The Labute approximate surface area is 172 Å². The summed E-state index contributed by atoms with van der Waals surface area (Å²) < 4.78 is 0. The molecular weight excluding hydrogens is 362 g/mol. The Morgan fingerprint density at radius 3 is 2.62 bits per heavy atom. The lowest BCUT2D eigenvalue weighted by Crippen LogP contribution is -2.36. The Morgan fingerprint density at radius 2 is 1.83 bits per heavy atom. The minimum absolute atomic E-state index is 0.0143. The molecule has 152 valence electrons. The molecule has 0 spiro atoms. The molecule has 2 aliphatic rings. The maximum absolute atomic E-state index is 12.9. The van der Waals surface area contributed by atoms with E-state index in [2.05, 4.69) is 11.4 Å². The highest BCUT2D eigenvalue weighted by atomic mass is 16.2. The van der Waals surface area contributed by atoms with Crippen molar-refractivity contribution in [1.82, 2.24) is 0 Å². The summed E-state index contributed by atoms with van der Waals surface area (Å²) in [4.78, 5) is 27.3. The third kappa shape index (κ3) is 4.35. The van der Waals surface area contributed by atoms with Gasteiger partial charge in [-0.1, -0.05) is 36.8 Å². The average Bonchev–Trinajstić information content (AvgIpc) is 3.24. The number of carbonyl (C=O) groups excluding carboxylic acids is 2. The van der Waals surface area contributed by atoms with E-state index < -0.39 is 0 Å². The molecular formula is C24H29N3O2. The molecule has 5 heteroatoms. The monoisotopic (exact) mass is 391 g/mol. The molecule has 0 bridgehead atoms. The second kappa shape index (κ2) is 8.78. The molecule has 29 heavy (non-hydrogen) atoms. The first-order valence-electron chi connectivity index (χ1n) is 10.6. The van der Waals surface area contributed by atoms with Gasteiger partial charge in [-0.15, -0.1) is 0 Å². The van der Waals surface area contributed by atoms with Crippen LogP contribution in [0.15, 0.2) is 48.5 Å². The van der Waals surface area contributed by atoms with Crippen LogP contribution in [0.25, 0.3) is 0 Å². The summed E-state index contributed by atoms with van der Waals surface area (Å²) in [6, 6.07) is 15.8. The van der Waals surface area contributed by atoms with Crippen molar-refractivity contribution in [2.45, 2.75) is 38.5 Å². The zero-order chi connectivity index (χ0) is 20.2. The molecule has 4 rings (SSSR count). The number of amides is 2. The number of nitrogens with zero attached hydrogens (tertiary/aromatic N) is 1. The lowest BCUT2D eigenvalue weighted by atomic mass is 9.95. The zero-order valence-electron chi connectivity index (χ0n) is 16.8. The average molecular weight is 392 g/mol. The highest BCUT2D eigenvalue weighted by molar-refractivity contribution is 5.96. The number of hydrogen-bond acceptors (Lipinski definition) is 3. The second-order valence-corrected chi connectivity index (χ2v) is 8.17. The number of rotatable bonds is 5.